The summed E-state index contributed by atoms with van der Waals surface area (Å²) < 4.78 is 12.1. The minimum Gasteiger partial charge on any atom is -0.495 e. The molecule has 0 saturated carbocycles. The second-order valence-corrected chi connectivity index (χ2v) is 6.08. The SMILES string of the molecule is COc1c(Br)cc(/C=N/Nc2ccc(C(=O)O)cn2)c(OC)c1Br. The van der Waals surface area contributed by atoms with Crippen LogP contribution in [-0.2, 0) is 0 Å². The molecule has 7 nitrogen and oxygen atoms in total. The van der Waals surface area contributed by atoms with Gasteiger partial charge in [-0.05, 0) is 50.1 Å². The maximum absolute atomic E-state index is 10.8. The molecule has 0 unspecified atom stereocenters. The van der Waals surface area contributed by atoms with Crippen LogP contribution in [0.4, 0.5) is 5.82 Å². The summed E-state index contributed by atoms with van der Waals surface area (Å²) in [6.07, 6.45) is 2.81. The molecule has 0 aliphatic heterocycles. The minimum absolute atomic E-state index is 0.106. The summed E-state index contributed by atoms with van der Waals surface area (Å²) in [5, 5.41) is 12.9. The Bertz CT molecular complexity index is 779. The molecule has 0 saturated heterocycles. The van der Waals surface area contributed by atoms with Gasteiger partial charge in [-0.15, -0.1) is 0 Å². The van der Waals surface area contributed by atoms with Crippen LogP contribution in [0.3, 0.4) is 0 Å². The van der Waals surface area contributed by atoms with Crippen molar-refractivity contribution in [3.05, 3.63) is 44.5 Å². The Kier molecular flexibility index (Phi) is 6.16. The third-order valence-corrected chi connectivity index (χ3v) is 4.27. The van der Waals surface area contributed by atoms with Gasteiger partial charge in [-0.2, -0.15) is 5.10 Å². The van der Waals surface area contributed by atoms with Crippen LogP contribution in [0.5, 0.6) is 11.5 Å². The van der Waals surface area contributed by atoms with Crippen molar-refractivity contribution in [3.8, 4) is 11.5 Å². The van der Waals surface area contributed by atoms with Crippen molar-refractivity contribution in [1.82, 2.24) is 4.98 Å². The van der Waals surface area contributed by atoms with E-state index in [0.717, 1.165) is 4.47 Å². The number of pyridine rings is 1. The maximum Gasteiger partial charge on any atom is 0.337 e. The number of carbonyl (C=O) groups is 1. The number of rotatable bonds is 6. The van der Waals surface area contributed by atoms with Gasteiger partial charge in [0.05, 0.1) is 30.5 Å². The van der Waals surface area contributed by atoms with Gasteiger partial charge in [0, 0.05) is 11.8 Å². The summed E-state index contributed by atoms with van der Waals surface area (Å²) in [7, 11) is 3.11. The van der Waals surface area contributed by atoms with Gasteiger partial charge in [0.15, 0.2) is 5.75 Å². The highest BCUT2D eigenvalue weighted by Crippen LogP contribution is 2.42. The summed E-state index contributed by atoms with van der Waals surface area (Å²) in [5.41, 5.74) is 3.53. The number of nitrogens with one attached hydrogen (secondary N) is 1. The van der Waals surface area contributed by atoms with Crippen LogP contribution in [0, 0.1) is 0 Å². The summed E-state index contributed by atoms with van der Waals surface area (Å²) in [5.74, 6) is 0.565. The highest BCUT2D eigenvalue weighted by molar-refractivity contribution is 9.11. The van der Waals surface area contributed by atoms with Crippen molar-refractivity contribution in [2.45, 2.75) is 0 Å². The van der Waals surface area contributed by atoms with Crippen molar-refractivity contribution < 1.29 is 19.4 Å². The summed E-state index contributed by atoms with van der Waals surface area (Å²) in [4.78, 5) is 14.7. The van der Waals surface area contributed by atoms with Gasteiger partial charge < -0.3 is 14.6 Å². The van der Waals surface area contributed by atoms with E-state index in [1.54, 1.807) is 26.5 Å². The first kappa shape index (κ1) is 18.2. The van der Waals surface area contributed by atoms with Crippen LogP contribution in [-0.4, -0.2) is 36.5 Å². The average molecular weight is 459 g/mol. The molecule has 0 fully saturated rings. The fourth-order valence-electron chi connectivity index (χ4n) is 1.85. The van der Waals surface area contributed by atoms with E-state index in [0.29, 0.717) is 27.4 Å². The van der Waals surface area contributed by atoms with Crippen LogP contribution < -0.4 is 14.9 Å². The van der Waals surface area contributed by atoms with Crippen molar-refractivity contribution in [2.24, 2.45) is 5.10 Å². The van der Waals surface area contributed by atoms with Crippen LogP contribution in [0.2, 0.25) is 0 Å². The van der Waals surface area contributed by atoms with Crippen LogP contribution in [0.1, 0.15) is 15.9 Å². The molecule has 126 valence electrons. The lowest BCUT2D eigenvalue weighted by atomic mass is 10.2. The largest absolute Gasteiger partial charge is 0.495 e. The molecular formula is C15H13Br2N3O4. The molecule has 2 aromatic rings. The lowest BCUT2D eigenvalue weighted by Gasteiger charge is -2.13. The van der Waals surface area contributed by atoms with Gasteiger partial charge in [-0.3, -0.25) is 5.43 Å². The average Bonchev–Trinajstić information content (AvgIpc) is 2.55. The Morgan fingerprint density at radius 2 is 2.00 bits per heavy atom. The van der Waals surface area contributed by atoms with E-state index in [1.165, 1.54) is 18.3 Å². The molecule has 1 aromatic heterocycles. The number of aromatic nitrogens is 1. The summed E-state index contributed by atoms with van der Waals surface area (Å²) in [6.45, 7) is 0. The van der Waals surface area contributed by atoms with E-state index in [2.05, 4.69) is 47.4 Å². The number of aromatic carboxylic acids is 1. The van der Waals surface area contributed by atoms with Crippen molar-refractivity contribution in [1.29, 1.82) is 0 Å². The monoisotopic (exact) mass is 457 g/mol. The lowest BCUT2D eigenvalue weighted by molar-refractivity contribution is 0.0696. The van der Waals surface area contributed by atoms with Crippen molar-refractivity contribution in [3.63, 3.8) is 0 Å². The van der Waals surface area contributed by atoms with Crippen LogP contribution >= 0.6 is 31.9 Å². The van der Waals surface area contributed by atoms with Crippen LogP contribution in [0.25, 0.3) is 0 Å². The first-order chi connectivity index (χ1) is 11.5. The molecule has 0 spiro atoms. The second kappa shape index (κ2) is 8.11. The van der Waals surface area contributed by atoms with E-state index in [4.69, 9.17) is 14.6 Å². The molecule has 0 aliphatic rings. The van der Waals surface area contributed by atoms with E-state index in [1.807, 2.05) is 0 Å². The zero-order valence-electron chi connectivity index (χ0n) is 12.7. The second-order valence-electron chi connectivity index (χ2n) is 4.44. The number of carboxylic acid groups (broad SMARTS) is 1. The van der Waals surface area contributed by atoms with Gasteiger partial charge in [0.2, 0.25) is 0 Å². The number of carboxylic acids is 1. The highest BCUT2D eigenvalue weighted by atomic mass is 79.9. The molecule has 1 heterocycles. The van der Waals surface area contributed by atoms with Crippen molar-refractivity contribution in [2.75, 3.05) is 19.6 Å². The lowest BCUT2D eigenvalue weighted by Crippen LogP contribution is -2.00. The number of anilines is 1. The number of ether oxygens (including phenoxy) is 2. The van der Waals surface area contributed by atoms with Gasteiger partial charge in [0.1, 0.15) is 16.0 Å². The van der Waals surface area contributed by atoms with Gasteiger partial charge in [0.25, 0.3) is 0 Å². The molecule has 1 aromatic carbocycles. The Morgan fingerprint density at radius 3 is 2.54 bits per heavy atom. The number of methoxy groups -OCH3 is 2. The number of hydrogen-bond acceptors (Lipinski definition) is 6. The van der Waals surface area contributed by atoms with Gasteiger partial charge in [-0.25, -0.2) is 9.78 Å². The third-order valence-electron chi connectivity index (χ3n) is 2.96. The fourth-order valence-corrected chi connectivity index (χ4v) is 3.49. The van der Waals surface area contributed by atoms with Crippen LogP contribution in [0.15, 0.2) is 38.4 Å². The quantitative estimate of drug-likeness (QED) is 0.505. The first-order valence-corrected chi connectivity index (χ1v) is 8.15. The number of benzene rings is 1. The third kappa shape index (κ3) is 4.04. The number of hydrogen-bond donors (Lipinski definition) is 2. The molecule has 9 heteroatoms. The fraction of sp³-hybridized carbons (Fsp3) is 0.133. The molecule has 0 amide bonds. The van der Waals surface area contributed by atoms with E-state index in [9.17, 15) is 4.79 Å². The molecule has 0 bridgehead atoms. The zero-order chi connectivity index (χ0) is 17.7. The Labute approximate surface area is 155 Å². The zero-order valence-corrected chi connectivity index (χ0v) is 15.9. The minimum atomic E-state index is -1.03. The molecule has 2 N–H and O–H groups in total. The molecule has 0 atom stereocenters. The first-order valence-electron chi connectivity index (χ1n) is 6.56. The molecular weight excluding hydrogens is 446 g/mol. The topological polar surface area (TPSA) is 93.0 Å². The number of halogens is 2. The summed E-state index contributed by atoms with van der Waals surface area (Å²) in [6, 6.07) is 4.76. The van der Waals surface area contributed by atoms with E-state index in [-0.39, 0.29) is 5.56 Å². The van der Waals surface area contributed by atoms with E-state index >= 15 is 0 Å². The molecule has 2 rings (SSSR count). The maximum atomic E-state index is 10.8. The van der Waals surface area contributed by atoms with Crippen molar-refractivity contribution >= 4 is 49.9 Å². The molecule has 24 heavy (non-hydrogen) atoms. The number of hydrazone groups is 1. The van der Waals surface area contributed by atoms with Gasteiger partial charge >= 0.3 is 5.97 Å². The Morgan fingerprint density at radius 1 is 1.29 bits per heavy atom. The Balaban J connectivity index is 2.21. The number of nitrogens with zero attached hydrogens (tertiary/aromatic N) is 2. The van der Waals surface area contributed by atoms with Gasteiger partial charge in [-0.1, -0.05) is 0 Å². The van der Waals surface area contributed by atoms with E-state index < -0.39 is 5.97 Å². The molecule has 0 aliphatic carbocycles. The standard InChI is InChI=1S/C15H13Br2N3O4/c1-23-13-9(5-10(16)14(24-2)12(13)17)7-19-20-11-4-3-8(6-18-11)15(21)22/h3-7H,1-2H3,(H,18,20)(H,21,22)/b19-7+. The smallest absolute Gasteiger partial charge is 0.337 e. The molecule has 0 radical (unpaired) electrons. The summed E-state index contributed by atoms with van der Waals surface area (Å²) >= 11 is 6.85. The normalized spacial score (nSPS) is 10.7. The Hall–Kier alpha value is -2.13. The predicted octanol–water partition coefficient (Wildman–Crippen LogP) is 3.77. The predicted molar refractivity (Wildman–Crippen MR) is 97.4 cm³/mol. The highest BCUT2D eigenvalue weighted by Gasteiger charge is 2.15.